The Morgan fingerprint density at radius 3 is 2.42 bits per heavy atom. The molecule has 98 valence electrons. The Morgan fingerprint density at radius 1 is 1.11 bits per heavy atom. The number of hydrogen-bond acceptors (Lipinski definition) is 3. The van der Waals surface area contributed by atoms with Gasteiger partial charge in [0.05, 0.1) is 7.11 Å². The van der Waals surface area contributed by atoms with Crippen molar-refractivity contribution in [1.82, 2.24) is 0 Å². The van der Waals surface area contributed by atoms with E-state index in [0.29, 0.717) is 24.1 Å². The van der Waals surface area contributed by atoms with Crippen LogP contribution in [-0.2, 0) is 6.42 Å². The first-order chi connectivity index (χ1) is 9.20. The van der Waals surface area contributed by atoms with Gasteiger partial charge in [0, 0.05) is 17.7 Å². The number of methoxy groups -OCH3 is 1. The Kier molecular flexibility index (Phi) is 4.18. The summed E-state index contributed by atoms with van der Waals surface area (Å²) in [5.74, 6) is 0.899. The predicted molar refractivity (Wildman–Crippen MR) is 76.5 cm³/mol. The van der Waals surface area contributed by atoms with E-state index in [-0.39, 0.29) is 5.78 Å². The number of ether oxygens (including phenoxy) is 1. The maximum absolute atomic E-state index is 12.1. The molecule has 0 aromatic heterocycles. The van der Waals surface area contributed by atoms with Gasteiger partial charge in [0.1, 0.15) is 5.75 Å². The number of hydrogen-bond donors (Lipinski definition) is 1. The minimum atomic E-state index is 0.0777. The summed E-state index contributed by atoms with van der Waals surface area (Å²) < 4.78 is 5.10. The first-order valence-corrected chi connectivity index (χ1v) is 6.21. The number of benzene rings is 2. The van der Waals surface area contributed by atoms with Crippen LogP contribution < -0.4 is 10.5 Å². The first kappa shape index (κ1) is 13.1. The molecule has 0 atom stereocenters. The van der Waals surface area contributed by atoms with E-state index in [1.807, 2.05) is 36.4 Å². The molecule has 0 aliphatic carbocycles. The Balaban J connectivity index is 1.98. The molecule has 3 nitrogen and oxygen atoms in total. The highest BCUT2D eigenvalue weighted by atomic mass is 16.5. The van der Waals surface area contributed by atoms with Crippen molar-refractivity contribution in [2.75, 3.05) is 12.8 Å². The molecule has 2 N–H and O–H groups in total. The standard InChI is InChI=1S/C16H17NO2/c1-19-13-9-6-12(7-10-13)8-11-16(18)14-4-2-3-5-15(14)17/h2-7,9-10H,8,11,17H2,1H3. The van der Waals surface area contributed by atoms with Gasteiger partial charge in [-0.25, -0.2) is 0 Å². The van der Waals surface area contributed by atoms with Crippen molar-refractivity contribution >= 4 is 11.5 Å². The fourth-order valence-corrected chi connectivity index (χ4v) is 1.94. The lowest BCUT2D eigenvalue weighted by molar-refractivity contribution is 0.0983. The van der Waals surface area contributed by atoms with Crippen molar-refractivity contribution in [3.05, 3.63) is 59.7 Å². The van der Waals surface area contributed by atoms with Gasteiger partial charge in [-0.15, -0.1) is 0 Å². The number of para-hydroxylation sites is 1. The third-order valence-corrected chi connectivity index (χ3v) is 3.06. The zero-order valence-electron chi connectivity index (χ0n) is 10.9. The zero-order chi connectivity index (χ0) is 13.7. The number of ketones is 1. The lowest BCUT2D eigenvalue weighted by atomic mass is 10.0. The first-order valence-electron chi connectivity index (χ1n) is 6.21. The molecule has 19 heavy (non-hydrogen) atoms. The Morgan fingerprint density at radius 2 is 1.79 bits per heavy atom. The van der Waals surface area contributed by atoms with Crippen LogP contribution in [0.5, 0.6) is 5.75 Å². The normalized spacial score (nSPS) is 10.2. The van der Waals surface area contributed by atoms with Crippen molar-refractivity contribution in [3.63, 3.8) is 0 Å². The minimum absolute atomic E-state index is 0.0777. The molecular weight excluding hydrogens is 238 g/mol. The summed E-state index contributed by atoms with van der Waals surface area (Å²) in [6.07, 6.45) is 1.16. The molecule has 0 aliphatic heterocycles. The van der Waals surface area contributed by atoms with Crippen LogP contribution in [0.3, 0.4) is 0 Å². The van der Waals surface area contributed by atoms with Crippen molar-refractivity contribution in [2.45, 2.75) is 12.8 Å². The second-order valence-corrected chi connectivity index (χ2v) is 4.36. The monoisotopic (exact) mass is 255 g/mol. The van der Waals surface area contributed by atoms with E-state index in [0.717, 1.165) is 11.3 Å². The quantitative estimate of drug-likeness (QED) is 0.659. The van der Waals surface area contributed by atoms with Gasteiger partial charge >= 0.3 is 0 Å². The van der Waals surface area contributed by atoms with E-state index < -0.39 is 0 Å². The Hall–Kier alpha value is -2.29. The average Bonchev–Trinajstić information content (AvgIpc) is 2.46. The summed E-state index contributed by atoms with van der Waals surface area (Å²) in [5.41, 5.74) is 8.06. The van der Waals surface area contributed by atoms with E-state index in [1.54, 1.807) is 19.2 Å². The minimum Gasteiger partial charge on any atom is -0.497 e. The van der Waals surface area contributed by atoms with Gasteiger partial charge in [0.25, 0.3) is 0 Å². The molecule has 2 aromatic rings. The number of carbonyl (C=O) groups excluding carboxylic acids is 1. The van der Waals surface area contributed by atoms with Crippen LogP contribution in [0, 0.1) is 0 Å². The Bertz CT molecular complexity index is 561. The molecule has 3 heteroatoms. The molecule has 0 saturated heterocycles. The summed E-state index contributed by atoms with van der Waals surface area (Å²) in [7, 11) is 1.64. The fraction of sp³-hybridized carbons (Fsp3) is 0.188. The number of nitrogen functional groups attached to an aromatic ring is 1. The predicted octanol–water partition coefficient (Wildman–Crippen LogP) is 3.09. The summed E-state index contributed by atoms with van der Waals surface area (Å²) >= 11 is 0. The summed E-state index contributed by atoms with van der Waals surface area (Å²) in [4.78, 5) is 12.1. The van der Waals surface area contributed by atoms with Crippen molar-refractivity contribution < 1.29 is 9.53 Å². The smallest absolute Gasteiger partial charge is 0.165 e. The van der Waals surface area contributed by atoms with E-state index in [9.17, 15) is 4.79 Å². The lowest BCUT2D eigenvalue weighted by Gasteiger charge is -2.05. The van der Waals surface area contributed by atoms with E-state index in [2.05, 4.69) is 0 Å². The maximum atomic E-state index is 12.1. The summed E-state index contributed by atoms with van der Waals surface area (Å²) in [6, 6.07) is 14.9. The van der Waals surface area contributed by atoms with Gasteiger partial charge in [-0.1, -0.05) is 24.3 Å². The third kappa shape index (κ3) is 3.35. The highest BCUT2D eigenvalue weighted by molar-refractivity contribution is 6.00. The number of rotatable bonds is 5. The van der Waals surface area contributed by atoms with Crippen LogP contribution in [0.15, 0.2) is 48.5 Å². The van der Waals surface area contributed by atoms with Gasteiger partial charge in [0.15, 0.2) is 5.78 Å². The van der Waals surface area contributed by atoms with Crippen LogP contribution in [0.4, 0.5) is 5.69 Å². The van der Waals surface area contributed by atoms with Gasteiger partial charge in [-0.2, -0.15) is 0 Å². The van der Waals surface area contributed by atoms with Crippen molar-refractivity contribution in [2.24, 2.45) is 0 Å². The highest BCUT2D eigenvalue weighted by Crippen LogP contribution is 2.16. The van der Waals surface area contributed by atoms with Gasteiger partial charge < -0.3 is 10.5 Å². The van der Waals surface area contributed by atoms with Crippen LogP contribution in [0.1, 0.15) is 22.3 Å². The summed E-state index contributed by atoms with van der Waals surface area (Å²) in [6.45, 7) is 0. The third-order valence-electron chi connectivity index (χ3n) is 3.06. The maximum Gasteiger partial charge on any atom is 0.165 e. The molecular formula is C16H17NO2. The van der Waals surface area contributed by atoms with Gasteiger partial charge in [-0.05, 0) is 36.2 Å². The summed E-state index contributed by atoms with van der Waals surface area (Å²) in [5, 5.41) is 0. The van der Waals surface area contributed by atoms with E-state index in [4.69, 9.17) is 10.5 Å². The average molecular weight is 255 g/mol. The lowest BCUT2D eigenvalue weighted by Crippen LogP contribution is -2.04. The van der Waals surface area contributed by atoms with Gasteiger partial charge in [-0.3, -0.25) is 4.79 Å². The highest BCUT2D eigenvalue weighted by Gasteiger charge is 2.08. The van der Waals surface area contributed by atoms with Crippen LogP contribution in [-0.4, -0.2) is 12.9 Å². The Labute approximate surface area is 113 Å². The number of carbonyl (C=O) groups is 1. The van der Waals surface area contributed by atoms with Gasteiger partial charge in [0.2, 0.25) is 0 Å². The second-order valence-electron chi connectivity index (χ2n) is 4.36. The number of Topliss-reactive ketones (excluding diaryl/α,β-unsaturated/α-hetero) is 1. The zero-order valence-corrected chi connectivity index (χ0v) is 10.9. The molecule has 0 heterocycles. The molecule has 2 rings (SSSR count). The largest absolute Gasteiger partial charge is 0.497 e. The second kappa shape index (κ2) is 6.05. The van der Waals surface area contributed by atoms with Crippen molar-refractivity contribution in [1.29, 1.82) is 0 Å². The van der Waals surface area contributed by atoms with Crippen LogP contribution in [0.2, 0.25) is 0 Å². The molecule has 0 bridgehead atoms. The number of aryl methyl sites for hydroxylation is 1. The topological polar surface area (TPSA) is 52.3 Å². The van der Waals surface area contributed by atoms with Crippen molar-refractivity contribution in [3.8, 4) is 5.75 Å². The molecule has 0 unspecified atom stereocenters. The molecule has 0 spiro atoms. The van der Waals surface area contributed by atoms with Crippen LogP contribution in [0.25, 0.3) is 0 Å². The molecule has 0 amide bonds. The van der Waals surface area contributed by atoms with E-state index >= 15 is 0 Å². The SMILES string of the molecule is COc1ccc(CCC(=O)c2ccccc2N)cc1. The molecule has 2 aromatic carbocycles. The molecule has 0 radical (unpaired) electrons. The molecule has 0 fully saturated rings. The number of anilines is 1. The molecule has 0 saturated carbocycles. The van der Waals surface area contributed by atoms with Crippen LogP contribution >= 0.6 is 0 Å². The molecule has 0 aliphatic rings. The van der Waals surface area contributed by atoms with E-state index in [1.165, 1.54) is 0 Å². The fourth-order valence-electron chi connectivity index (χ4n) is 1.94. The number of nitrogens with two attached hydrogens (primary N) is 1.